The number of nitrogens with one attached hydrogen (secondary N) is 1. The second kappa shape index (κ2) is 11.9. The van der Waals surface area contributed by atoms with E-state index < -0.39 is 11.6 Å². The van der Waals surface area contributed by atoms with Crippen molar-refractivity contribution < 1.29 is 8.78 Å². The fraction of sp³-hybridized carbons (Fsp3) is 0.429. The molecule has 164 valence electrons. The molecule has 1 aromatic carbocycles. The molecule has 0 amide bonds. The first-order valence-corrected chi connectivity index (χ1v) is 9.89. The molecule has 2 heterocycles. The van der Waals surface area contributed by atoms with Crippen LogP contribution in [0.3, 0.4) is 0 Å². The Morgan fingerprint density at radius 2 is 1.87 bits per heavy atom. The van der Waals surface area contributed by atoms with Crippen LogP contribution in [0, 0.1) is 11.6 Å². The van der Waals surface area contributed by atoms with E-state index in [0.717, 1.165) is 31.4 Å². The van der Waals surface area contributed by atoms with Crippen LogP contribution in [0.25, 0.3) is 0 Å². The number of unbranched alkanes of at least 4 members (excludes halogenated alkanes) is 1. The molecular formula is C21H28F2IN5O. The standard InChI is InChI=1S/C21H27F2N5O.HI/c1-24-21(25-9-3-5-11-27-10-4-2-6-20(27)29)28-14-12-26(13-15-28)19-16-17(22)7-8-18(19)23;/h2,4,6-8,10,16H,3,5,9,11-15H2,1H3,(H,24,25);1H. The second-order valence-electron chi connectivity index (χ2n) is 6.98. The van der Waals surface area contributed by atoms with Gasteiger partial charge in [0.1, 0.15) is 11.6 Å². The molecule has 0 unspecified atom stereocenters. The predicted molar refractivity (Wildman–Crippen MR) is 127 cm³/mol. The number of aromatic nitrogens is 1. The van der Waals surface area contributed by atoms with Crippen molar-refractivity contribution in [2.75, 3.05) is 44.7 Å². The van der Waals surface area contributed by atoms with E-state index in [4.69, 9.17) is 0 Å². The van der Waals surface area contributed by atoms with Crippen LogP contribution in [0.5, 0.6) is 0 Å². The van der Waals surface area contributed by atoms with E-state index in [9.17, 15) is 13.6 Å². The fourth-order valence-electron chi connectivity index (χ4n) is 3.47. The molecule has 30 heavy (non-hydrogen) atoms. The molecule has 6 nitrogen and oxygen atoms in total. The van der Waals surface area contributed by atoms with Crippen molar-refractivity contribution in [2.24, 2.45) is 4.99 Å². The molecule has 2 aromatic rings. The van der Waals surface area contributed by atoms with Gasteiger partial charge in [0, 0.05) is 64.6 Å². The highest BCUT2D eigenvalue weighted by atomic mass is 127. The first-order valence-electron chi connectivity index (χ1n) is 9.89. The summed E-state index contributed by atoms with van der Waals surface area (Å²) in [6.07, 6.45) is 3.60. The van der Waals surface area contributed by atoms with E-state index in [-0.39, 0.29) is 29.5 Å². The Morgan fingerprint density at radius 1 is 1.10 bits per heavy atom. The van der Waals surface area contributed by atoms with Crippen LogP contribution in [0.1, 0.15) is 12.8 Å². The van der Waals surface area contributed by atoms with Crippen molar-refractivity contribution in [3.63, 3.8) is 0 Å². The first-order chi connectivity index (χ1) is 14.1. The zero-order valence-electron chi connectivity index (χ0n) is 17.1. The van der Waals surface area contributed by atoms with Crippen molar-refractivity contribution in [3.8, 4) is 0 Å². The highest BCUT2D eigenvalue weighted by Gasteiger charge is 2.21. The molecule has 1 N–H and O–H groups in total. The molecule has 0 aliphatic carbocycles. The van der Waals surface area contributed by atoms with E-state index in [2.05, 4.69) is 15.2 Å². The van der Waals surface area contributed by atoms with Gasteiger partial charge in [-0.3, -0.25) is 9.79 Å². The number of anilines is 1. The van der Waals surface area contributed by atoms with Crippen molar-refractivity contribution in [1.82, 2.24) is 14.8 Å². The maximum atomic E-state index is 14.0. The van der Waals surface area contributed by atoms with Crippen LogP contribution in [0.15, 0.2) is 52.4 Å². The van der Waals surface area contributed by atoms with Crippen LogP contribution >= 0.6 is 24.0 Å². The summed E-state index contributed by atoms with van der Waals surface area (Å²) in [5.41, 5.74) is 0.327. The lowest BCUT2D eigenvalue weighted by atomic mass is 10.2. The minimum absolute atomic E-state index is 0. The van der Waals surface area contributed by atoms with Crippen LogP contribution in [0.2, 0.25) is 0 Å². The zero-order valence-corrected chi connectivity index (χ0v) is 19.4. The van der Waals surface area contributed by atoms with E-state index in [1.54, 1.807) is 29.9 Å². The molecule has 0 atom stereocenters. The van der Waals surface area contributed by atoms with Gasteiger partial charge >= 0.3 is 0 Å². The number of benzene rings is 1. The number of pyridine rings is 1. The van der Waals surface area contributed by atoms with Gasteiger partial charge in [-0.15, -0.1) is 24.0 Å². The second-order valence-corrected chi connectivity index (χ2v) is 6.98. The number of rotatable bonds is 6. The van der Waals surface area contributed by atoms with Gasteiger partial charge in [0.15, 0.2) is 5.96 Å². The summed E-state index contributed by atoms with van der Waals surface area (Å²) >= 11 is 0. The van der Waals surface area contributed by atoms with Crippen molar-refractivity contribution >= 4 is 35.6 Å². The minimum atomic E-state index is -0.431. The van der Waals surface area contributed by atoms with Crippen molar-refractivity contribution in [2.45, 2.75) is 19.4 Å². The number of piperazine rings is 1. The Balaban J connectivity index is 0.00000320. The van der Waals surface area contributed by atoms with Crippen LogP contribution in [0.4, 0.5) is 14.5 Å². The molecule has 1 saturated heterocycles. The van der Waals surface area contributed by atoms with Crippen LogP contribution in [-0.2, 0) is 6.54 Å². The fourth-order valence-corrected chi connectivity index (χ4v) is 3.47. The summed E-state index contributed by atoms with van der Waals surface area (Å²) in [5.74, 6) is -0.0276. The van der Waals surface area contributed by atoms with Gasteiger partial charge in [-0.2, -0.15) is 0 Å². The predicted octanol–water partition coefficient (Wildman–Crippen LogP) is 2.92. The molecule has 0 bridgehead atoms. The molecule has 3 rings (SSSR count). The Labute approximate surface area is 192 Å². The zero-order chi connectivity index (χ0) is 20.6. The van der Waals surface area contributed by atoms with Gasteiger partial charge in [-0.1, -0.05) is 6.07 Å². The third-order valence-corrected chi connectivity index (χ3v) is 5.05. The summed E-state index contributed by atoms with van der Waals surface area (Å²) in [7, 11) is 1.74. The number of aliphatic imine (C=N–C) groups is 1. The van der Waals surface area contributed by atoms with Gasteiger partial charge in [0.25, 0.3) is 0 Å². The summed E-state index contributed by atoms with van der Waals surface area (Å²) in [6, 6.07) is 8.71. The topological polar surface area (TPSA) is 52.9 Å². The third-order valence-electron chi connectivity index (χ3n) is 5.05. The smallest absolute Gasteiger partial charge is 0.250 e. The molecule has 0 radical (unpaired) electrons. The number of guanidine groups is 1. The largest absolute Gasteiger partial charge is 0.366 e. The number of nitrogens with zero attached hydrogens (tertiary/aromatic N) is 4. The number of hydrogen-bond acceptors (Lipinski definition) is 3. The third kappa shape index (κ3) is 6.41. The van der Waals surface area contributed by atoms with E-state index in [1.807, 2.05) is 11.0 Å². The molecule has 1 aliphatic rings. The average molecular weight is 531 g/mol. The minimum Gasteiger partial charge on any atom is -0.366 e. The van der Waals surface area contributed by atoms with Gasteiger partial charge < -0.3 is 19.7 Å². The Hall–Kier alpha value is -2.17. The van der Waals surface area contributed by atoms with Crippen molar-refractivity contribution in [1.29, 1.82) is 0 Å². The van der Waals surface area contributed by atoms with Crippen LogP contribution in [-0.4, -0.2) is 55.2 Å². The molecule has 9 heteroatoms. The van der Waals surface area contributed by atoms with Gasteiger partial charge in [-0.25, -0.2) is 8.78 Å². The average Bonchev–Trinajstić information content (AvgIpc) is 2.74. The lowest BCUT2D eigenvalue weighted by Gasteiger charge is -2.37. The normalized spacial score (nSPS) is 14.4. The Kier molecular flexibility index (Phi) is 9.54. The monoisotopic (exact) mass is 531 g/mol. The van der Waals surface area contributed by atoms with E-state index in [1.165, 1.54) is 12.1 Å². The number of hydrogen-bond donors (Lipinski definition) is 1. The van der Waals surface area contributed by atoms with Gasteiger partial charge in [0.05, 0.1) is 5.69 Å². The van der Waals surface area contributed by atoms with Gasteiger partial charge in [0.2, 0.25) is 5.56 Å². The van der Waals surface area contributed by atoms with Crippen LogP contribution < -0.4 is 15.8 Å². The summed E-state index contributed by atoms with van der Waals surface area (Å²) in [6.45, 7) is 3.99. The molecule has 0 saturated carbocycles. The van der Waals surface area contributed by atoms with Crippen molar-refractivity contribution in [3.05, 3.63) is 64.6 Å². The summed E-state index contributed by atoms with van der Waals surface area (Å²) < 4.78 is 29.1. The lowest BCUT2D eigenvalue weighted by Crippen LogP contribution is -2.52. The van der Waals surface area contributed by atoms with E-state index >= 15 is 0 Å². The molecule has 1 fully saturated rings. The maximum Gasteiger partial charge on any atom is 0.250 e. The first kappa shape index (κ1) is 24.1. The highest BCUT2D eigenvalue weighted by Crippen LogP contribution is 2.21. The summed E-state index contributed by atoms with van der Waals surface area (Å²) in [4.78, 5) is 20.0. The van der Waals surface area contributed by atoms with Gasteiger partial charge in [-0.05, 0) is 31.0 Å². The van der Waals surface area contributed by atoms with E-state index in [0.29, 0.717) is 38.4 Å². The Morgan fingerprint density at radius 3 is 2.57 bits per heavy atom. The Bertz CT molecular complexity index is 897. The summed E-state index contributed by atoms with van der Waals surface area (Å²) in [5, 5.41) is 3.35. The number of halogens is 3. The quantitative estimate of drug-likeness (QED) is 0.270. The lowest BCUT2D eigenvalue weighted by molar-refractivity contribution is 0.370. The highest BCUT2D eigenvalue weighted by molar-refractivity contribution is 14.0. The maximum absolute atomic E-state index is 14.0. The molecule has 1 aromatic heterocycles. The molecule has 1 aliphatic heterocycles. The SMILES string of the molecule is CN=C(NCCCCn1ccccc1=O)N1CCN(c2cc(F)ccc2F)CC1.I. The number of aryl methyl sites for hydroxylation is 1. The molecular weight excluding hydrogens is 503 g/mol. The molecule has 0 spiro atoms.